The van der Waals surface area contributed by atoms with Crippen molar-refractivity contribution in [1.82, 2.24) is 4.98 Å². The van der Waals surface area contributed by atoms with E-state index in [1.54, 1.807) is 11.3 Å². The van der Waals surface area contributed by atoms with Crippen LogP contribution < -0.4 is 5.32 Å². The summed E-state index contributed by atoms with van der Waals surface area (Å²) in [5, 5.41) is 5.78. The molecule has 0 bridgehead atoms. The zero-order valence-corrected chi connectivity index (χ0v) is 14.8. The van der Waals surface area contributed by atoms with Gasteiger partial charge in [-0.3, -0.25) is 4.79 Å². The zero-order chi connectivity index (χ0) is 16.2. The summed E-state index contributed by atoms with van der Waals surface area (Å²) in [5.41, 5.74) is 3.06. The van der Waals surface area contributed by atoms with E-state index in [0.29, 0.717) is 6.42 Å². The fourth-order valence-corrected chi connectivity index (χ4v) is 3.94. The minimum Gasteiger partial charge on any atom is -0.326 e. The van der Waals surface area contributed by atoms with Crippen molar-refractivity contribution in [2.45, 2.75) is 26.7 Å². The number of thiazole rings is 1. The molecule has 0 saturated heterocycles. The van der Waals surface area contributed by atoms with Gasteiger partial charge in [0.05, 0.1) is 17.0 Å². The third-order valence-corrected chi connectivity index (χ3v) is 5.37. The molecule has 1 amide bonds. The molecule has 0 radical (unpaired) electrons. The van der Waals surface area contributed by atoms with Crippen molar-refractivity contribution in [1.29, 1.82) is 0 Å². The third-order valence-electron chi connectivity index (χ3n) is 3.50. The second kappa shape index (κ2) is 7.06. The lowest BCUT2D eigenvalue weighted by Crippen LogP contribution is -2.14. The number of carbonyl (C=O) groups excluding carboxylic acids is 1. The van der Waals surface area contributed by atoms with Crippen molar-refractivity contribution in [2.75, 3.05) is 5.32 Å². The van der Waals surface area contributed by atoms with Gasteiger partial charge in [-0.15, -0.1) is 22.7 Å². The first-order chi connectivity index (χ1) is 11.1. The zero-order valence-electron chi connectivity index (χ0n) is 13.1. The van der Waals surface area contributed by atoms with Crippen molar-refractivity contribution in [3.8, 4) is 10.6 Å². The highest BCUT2D eigenvalue weighted by Crippen LogP contribution is 2.28. The van der Waals surface area contributed by atoms with E-state index in [0.717, 1.165) is 27.7 Å². The van der Waals surface area contributed by atoms with Crippen LogP contribution in [0.2, 0.25) is 0 Å². The number of thiophene rings is 1. The van der Waals surface area contributed by atoms with E-state index >= 15 is 0 Å². The number of amides is 1. The highest BCUT2D eigenvalue weighted by molar-refractivity contribution is 7.16. The molecule has 3 aromatic rings. The van der Waals surface area contributed by atoms with Gasteiger partial charge in [-0.1, -0.05) is 19.1 Å². The molecule has 2 aromatic heterocycles. The lowest BCUT2D eigenvalue weighted by Gasteiger charge is -2.04. The summed E-state index contributed by atoms with van der Waals surface area (Å²) < 4.78 is 0. The Labute approximate surface area is 144 Å². The van der Waals surface area contributed by atoms with E-state index < -0.39 is 0 Å². The molecule has 0 saturated carbocycles. The van der Waals surface area contributed by atoms with Crippen LogP contribution in [-0.4, -0.2) is 10.9 Å². The molecule has 0 atom stereocenters. The fraction of sp³-hybridized carbons (Fsp3) is 0.222. The molecule has 118 valence electrons. The molecule has 1 aromatic carbocycles. The number of hydrogen-bond donors (Lipinski definition) is 1. The normalized spacial score (nSPS) is 10.7. The molecule has 3 rings (SSSR count). The van der Waals surface area contributed by atoms with Crippen LogP contribution in [0.3, 0.4) is 0 Å². The number of benzene rings is 1. The molecule has 0 spiro atoms. The Bertz CT molecular complexity index is 803. The number of anilines is 1. The molecule has 0 aliphatic carbocycles. The smallest absolute Gasteiger partial charge is 0.231 e. The molecule has 0 aliphatic heterocycles. The molecular formula is C18H18N2OS2. The summed E-state index contributed by atoms with van der Waals surface area (Å²) in [7, 11) is 0. The largest absolute Gasteiger partial charge is 0.326 e. The summed E-state index contributed by atoms with van der Waals surface area (Å²) >= 11 is 3.26. The lowest BCUT2D eigenvalue weighted by molar-refractivity contribution is -0.115. The van der Waals surface area contributed by atoms with Gasteiger partial charge < -0.3 is 5.32 Å². The number of aromatic nitrogens is 1. The third kappa shape index (κ3) is 4.06. The molecule has 0 fully saturated rings. The number of hydrogen-bond acceptors (Lipinski definition) is 4. The molecule has 1 N–H and O–H groups in total. The van der Waals surface area contributed by atoms with Crippen molar-refractivity contribution in [3.05, 3.63) is 57.2 Å². The SMILES string of the molecule is CCc1ccc(NC(=O)Cc2nc(-c3ccc(C)s3)cs2)cc1. The van der Waals surface area contributed by atoms with E-state index in [-0.39, 0.29) is 5.91 Å². The van der Waals surface area contributed by atoms with Gasteiger partial charge in [-0.25, -0.2) is 4.98 Å². The first-order valence-electron chi connectivity index (χ1n) is 7.54. The average molecular weight is 342 g/mol. The highest BCUT2D eigenvalue weighted by atomic mass is 32.1. The van der Waals surface area contributed by atoms with Gasteiger partial charge in [0.25, 0.3) is 0 Å². The van der Waals surface area contributed by atoms with Gasteiger partial charge in [0.1, 0.15) is 5.01 Å². The van der Waals surface area contributed by atoms with Gasteiger partial charge in [-0.2, -0.15) is 0 Å². The Kier molecular flexibility index (Phi) is 4.88. The van der Waals surface area contributed by atoms with Crippen LogP contribution >= 0.6 is 22.7 Å². The minimum atomic E-state index is -0.0301. The van der Waals surface area contributed by atoms with E-state index in [4.69, 9.17) is 0 Å². The Morgan fingerprint density at radius 3 is 2.61 bits per heavy atom. The molecule has 2 heterocycles. The second-order valence-electron chi connectivity index (χ2n) is 5.31. The van der Waals surface area contributed by atoms with Gasteiger partial charge in [-0.05, 0) is 43.2 Å². The number of rotatable bonds is 5. The van der Waals surface area contributed by atoms with Crippen LogP contribution in [0.4, 0.5) is 5.69 Å². The first-order valence-corrected chi connectivity index (χ1v) is 9.23. The maximum absolute atomic E-state index is 12.1. The van der Waals surface area contributed by atoms with Crippen LogP contribution in [-0.2, 0) is 17.6 Å². The summed E-state index contributed by atoms with van der Waals surface area (Å²) in [4.78, 5) is 19.1. The highest BCUT2D eigenvalue weighted by Gasteiger charge is 2.10. The second-order valence-corrected chi connectivity index (χ2v) is 7.54. The van der Waals surface area contributed by atoms with E-state index in [9.17, 15) is 4.79 Å². The first kappa shape index (κ1) is 15.9. The number of nitrogens with zero attached hydrogens (tertiary/aromatic N) is 1. The van der Waals surface area contributed by atoms with Gasteiger partial charge in [0.2, 0.25) is 5.91 Å². The van der Waals surface area contributed by atoms with Gasteiger partial charge >= 0.3 is 0 Å². The van der Waals surface area contributed by atoms with E-state index in [1.165, 1.54) is 21.8 Å². The molecular weight excluding hydrogens is 324 g/mol. The van der Waals surface area contributed by atoms with Crippen molar-refractivity contribution >= 4 is 34.3 Å². The topological polar surface area (TPSA) is 42.0 Å². The predicted molar refractivity (Wildman–Crippen MR) is 98.3 cm³/mol. The summed E-state index contributed by atoms with van der Waals surface area (Å²) in [6.07, 6.45) is 1.31. The van der Waals surface area contributed by atoms with Crippen molar-refractivity contribution < 1.29 is 4.79 Å². The quantitative estimate of drug-likeness (QED) is 0.715. The number of aryl methyl sites for hydroxylation is 2. The number of carbonyl (C=O) groups is 1. The Morgan fingerprint density at radius 1 is 1.17 bits per heavy atom. The van der Waals surface area contributed by atoms with Crippen LogP contribution in [0.5, 0.6) is 0 Å². The van der Waals surface area contributed by atoms with Crippen LogP contribution in [0, 0.1) is 6.92 Å². The van der Waals surface area contributed by atoms with Crippen LogP contribution in [0.15, 0.2) is 41.8 Å². The minimum absolute atomic E-state index is 0.0301. The maximum Gasteiger partial charge on any atom is 0.231 e. The van der Waals surface area contributed by atoms with Gasteiger partial charge in [0, 0.05) is 15.9 Å². The molecule has 23 heavy (non-hydrogen) atoms. The van der Waals surface area contributed by atoms with E-state index in [1.807, 2.05) is 29.6 Å². The lowest BCUT2D eigenvalue weighted by atomic mass is 10.1. The fourth-order valence-electron chi connectivity index (χ4n) is 2.24. The Hall–Kier alpha value is -1.98. The molecule has 5 heteroatoms. The van der Waals surface area contributed by atoms with Crippen molar-refractivity contribution in [3.63, 3.8) is 0 Å². The monoisotopic (exact) mass is 342 g/mol. The molecule has 0 aliphatic rings. The van der Waals surface area contributed by atoms with Crippen molar-refractivity contribution in [2.24, 2.45) is 0 Å². The standard InChI is InChI=1S/C18H18N2OS2/c1-3-13-5-7-14(8-6-13)19-17(21)10-18-20-15(11-22-18)16-9-4-12(2)23-16/h4-9,11H,3,10H2,1-2H3,(H,19,21). The Morgan fingerprint density at radius 2 is 1.96 bits per heavy atom. The predicted octanol–water partition coefficient (Wildman–Crippen LogP) is 4.92. The average Bonchev–Trinajstić information content (AvgIpc) is 3.17. The molecule has 0 unspecified atom stereocenters. The summed E-state index contributed by atoms with van der Waals surface area (Å²) in [6.45, 7) is 4.20. The van der Waals surface area contributed by atoms with Crippen LogP contribution in [0.1, 0.15) is 22.4 Å². The Balaban J connectivity index is 1.62. The number of nitrogens with one attached hydrogen (secondary N) is 1. The summed E-state index contributed by atoms with van der Waals surface area (Å²) in [6, 6.07) is 12.1. The maximum atomic E-state index is 12.1. The van der Waals surface area contributed by atoms with Gasteiger partial charge in [0.15, 0.2) is 0 Å². The van der Waals surface area contributed by atoms with E-state index in [2.05, 4.69) is 36.3 Å². The van der Waals surface area contributed by atoms with Crippen LogP contribution in [0.25, 0.3) is 10.6 Å². The molecule has 3 nitrogen and oxygen atoms in total. The summed E-state index contributed by atoms with van der Waals surface area (Å²) in [5.74, 6) is -0.0301.